The Morgan fingerprint density at radius 2 is 1.92 bits per heavy atom. The summed E-state index contributed by atoms with van der Waals surface area (Å²) in [5.41, 5.74) is 2.58. The standard InChI is InChI=1S/C18H29N3O4S/c1-15-5-6-17(13-16(15)2)21(26(3,23)24)14-18(22)19-7-4-8-20-9-11-25-12-10-20/h5-6,13H,4,7-12,14H2,1-3H3,(H,19,22). The van der Waals surface area contributed by atoms with Crippen LogP contribution in [0.25, 0.3) is 0 Å². The highest BCUT2D eigenvalue weighted by molar-refractivity contribution is 7.92. The summed E-state index contributed by atoms with van der Waals surface area (Å²) in [6, 6.07) is 5.39. The van der Waals surface area contributed by atoms with Crippen LogP contribution in [0.3, 0.4) is 0 Å². The number of carbonyl (C=O) groups is 1. The van der Waals surface area contributed by atoms with Gasteiger partial charge in [-0.15, -0.1) is 0 Å². The fourth-order valence-corrected chi connectivity index (χ4v) is 3.67. The minimum Gasteiger partial charge on any atom is -0.379 e. The van der Waals surface area contributed by atoms with Gasteiger partial charge < -0.3 is 10.1 Å². The van der Waals surface area contributed by atoms with Gasteiger partial charge in [0.05, 0.1) is 25.2 Å². The van der Waals surface area contributed by atoms with Crippen molar-refractivity contribution in [3.05, 3.63) is 29.3 Å². The monoisotopic (exact) mass is 383 g/mol. The van der Waals surface area contributed by atoms with E-state index in [4.69, 9.17) is 4.74 Å². The van der Waals surface area contributed by atoms with Crippen LogP contribution in [0.2, 0.25) is 0 Å². The normalized spacial score (nSPS) is 15.7. The van der Waals surface area contributed by atoms with Crippen molar-refractivity contribution in [1.82, 2.24) is 10.2 Å². The zero-order chi connectivity index (χ0) is 19.2. The molecule has 1 heterocycles. The summed E-state index contributed by atoms with van der Waals surface area (Å²) in [6.07, 6.45) is 1.95. The molecule has 2 rings (SSSR count). The zero-order valence-electron chi connectivity index (χ0n) is 15.8. The second-order valence-corrected chi connectivity index (χ2v) is 8.60. The van der Waals surface area contributed by atoms with Gasteiger partial charge in [-0.3, -0.25) is 14.0 Å². The second kappa shape index (κ2) is 9.34. The molecule has 0 saturated carbocycles. The van der Waals surface area contributed by atoms with Crippen LogP contribution in [0.1, 0.15) is 17.5 Å². The topological polar surface area (TPSA) is 79.0 Å². The molecule has 0 bridgehead atoms. The van der Waals surface area contributed by atoms with Gasteiger partial charge in [0.1, 0.15) is 6.54 Å². The average molecular weight is 384 g/mol. The number of sulfonamides is 1. The quantitative estimate of drug-likeness (QED) is 0.675. The average Bonchev–Trinajstić information content (AvgIpc) is 2.59. The molecule has 1 aliphatic rings. The van der Waals surface area contributed by atoms with Gasteiger partial charge in [0.15, 0.2) is 0 Å². The summed E-state index contributed by atoms with van der Waals surface area (Å²) in [5, 5.41) is 2.82. The molecule has 8 heteroatoms. The van der Waals surface area contributed by atoms with E-state index in [0.29, 0.717) is 12.2 Å². The highest BCUT2D eigenvalue weighted by Gasteiger charge is 2.21. The molecule has 26 heavy (non-hydrogen) atoms. The molecule has 0 aliphatic carbocycles. The van der Waals surface area contributed by atoms with Gasteiger partial charge in [0.2, 0.25) is 15.9 Å². The first-order valence-electron chi connectivity index (χ1n) is 8.89. The third-order valence-electron chi connectivity index (χ3n) is 4.54. The van der Waals surface area contributed by atoms with Crippen molar-refractivity contribution in [3.63, 3.8) is 0 Å². The second-order valence-electron chi connectivity index (χ2n) is 6.70. The fraction of sp³-hybridized carbons (Fsp3) is 0.611. The Bertz CT molecular complexity index is 715. The molecule has 1 aromatic carbocycles. The molecule has 7 nitrogen and oxygen atoms in total. The Morgan fingerprint density at radius 3 is 2.54 bits per heavy atom. The molecular formula is C18H29N3O4S. The van der Waals surface area contributed by atoms with Crippen LogP contribution in [0.15, 0.2) is 18.2 Å². The van der Waals surface area contributed by atoms with Crippen LogP contribution in [0, 0.1) is 13.8 Å². The number of benzene rings is 1. The number of anilines is 1. The fourth-order valence-electron chi connectivity index (χ4n) is 2.82. The highest BCUT2D eigenvalue weighted by atomic mass is 32.2. The number of amides is 1. The van der Waals surface area contributed by atoms with E-state index in [1.165, 1.54) is 0 Å². The summed E-state index contributed by atoms with van der Waals surface area (Å²) in [6.45, 7) is 8.45. The van der Waals surface area contributed by atoms with E-state index in [1.807, 2.05) is 19.9 Å². The van der Waals surface area contributed by atoms with Gasteiger partial charge in [0, 0.05) is 19.6 Å². The van der Waals surface area contributed by atoms with Crippen molar-refractivity contribution in [1.29, 1.82) is 0 Å². The van der Waals surface area contributed by atoms with Crippen molar-refractivity contribution in [2.75, 3.05) is 56.5 Å². The minimum absolute atomic E-state index is 0.209. The summed E-state index contributed by atoms with van der Waals surface area (Å²) >= 11 is 0. The van der Waals surface area contributed by atoms with E-state index in [0.717, 1.165) is 61.0 Å². The van der Waals surface area contributed by atoms with E-state index in [9.17, 15) is 13.2 Å². The number of nitrogens with zero attached hydrogens (tertiary/aromatic N) is 2. The van der Waals surface area contributed by atoms with Crippen molar-refractivity contribution in [3.8, 4) is 0 Å². The number of hydrogen-bond donors (Lipinski definition) is 1. The summed E-state index contributed by atoms with van der Waals surface area (Å²) < 4.78 is 30.7. The van der Waals surface area contributed by atoms with E-state index >= 15 is 0 Å². The molecule has 0 atom stereocenters. The third-order valence-corrected chi connectivity index (χ3v) is 5.68. The first-order valence-corrected chi connectivity index (χ1v) is 10.7. The number of morpholine rings is 1. The molecule has 1 saturated heterocycles. The number of aryl methyl sites for hydroxylation is 2. The third kappa shape index (κ3) is 6.26. The molecule has 1 aliphatic heterocycles. The highest BCUT2D eigenvalue weighted by Crippen LogP contribution is 2.20. The summed E-state index contributed by atoms with van der Waals surface area (Å²) in [4.78, 5) is 14.5. The molecule has 0 spiro atoms. The van der Waals surface area contributed by atoms with Crippen LogP contribution < -0.4 is 9.62 Å². The van der Waals surface area contributed by atoms with Crippen molar-refractivity contribution in [2.24, 2.45) is 0 Å². The Balaban J connectivity index is 1.87. The Hall–Kier alpha value is -1.64. The number of hydrogen-bond acceptors (Lipinski definition) is 5. The molecular weight excluding hydrogens is 354 g/mol. The molecule has 0 radical (unpaired) electrons. The lowest BCUT2D eigenvalue weighted by Crippen LogP contribution is -2.42. The van der Waals surface area contributed by atoms with Crippen LogP contribution >= 0.6 is 0 Å². The SMILES string of the molecule is Cc1ccc(N(CC(=O)NCCCN2CCOCC2)S(C)(=O)=O)cc1C. The number of carbonyl (C=O) groups excluding carboxylic acids is 1. The van der Waals surface area contributed by atoms with Gasteiger partial charge in [-0.2, -0.15) is 0 Å². The van der Waals surface area contributed by atoms with Gasteiger partial charge in [-0.1, -0.05) is 6.07 Å². The van der Waals surface area contributed by atoms with Crippen molar-refractivity contribution < 1.29 is 17.9 Å². The first kappa shape index (κ1) is 20.7. The first-order chi connectivity index (χ1) is 12.3. The van der Waals surface area contributed by atoms with Gasteiger partial charge in [0.25, 0.3) is 0 Å². The Kier molecular flexibility index (Phi) is 7.43. The molecule has 1 amide bonds. The maximum Gasteiger partial charge on any atom is 0.240 e. The zero-order valence-corrected chi connectivity index (χ0v) is 16.6. The number of rotatable bonds is 8. The van der Waals surface area contributed by atoms with Crippen molar-refractivity contribution >= 4 is 21.6 Å². The minimum atomic E-state index is -3.54. The van der Waals surface area contributed by atoms with Gasteiger partial charge >= 0.3 is 0 Å². The molecule has 0 aromatic heterocycles. The predicted octanol–water partition coefficient (Wildman–Crippen LogP) is 0.908. The molecule has 0 unspecified atom stereocenters. The lowest BCUT2D eigenvalue weighted by atomic mass is 10.1. The van der Waals surface area contributed by atoms with Gasteiger partial charge in [-0.25, -0.2) is 8.42 Å². The maximum absolute atomic E-state index is 12.2. The van der Waals surface area contributed by atoms with E-state index in [2.05, 4.69) is 10.2 Å². The molecule has 1 fully saturated rings. The number of nitrogens with one attached hydrogen (secondary N) is 1. The van der Waals surface area contributed by atoms with Crippen LogP contribution in [0.5, 0.6) is 0 Å². The smallest absolute Gasteiger partial charge is 0.240 e. The maximum atomic E-state index is 12.2. The molecule has 1 aromatic rings. The lowest BCUT2D eigenvalue weighted by molar-refractivity contribution is -0.119. The Morgan fingerprint density at radius 1 is 1.23 bits per heavy atom. The number of ether oxygens (including phenoxy) is 1. The summed E-state index contributed by atoms with van der Waals surface area (Å²) in [7, 11) is -3.54. The Labute approximate surface area is 156 Å². The van der Waals surface area contributed by atoms with E-state index < -0.39 is 10.0 Å². The molecule has 1 N–H and O–H groups in total. The van der Waals surface area contributed by atoms with Crippen molar-refractivity contribution in [2.45, 2.75) is 20.3 Å². The van der Waals surface area contributed by atoms with E-state index in [1.54, 1.807) is 12.1 Å². The largest absolute Gasteiger partial charge is 0.379 e. The summed E-state index contributed by atoms with van der Waals surface area (Å²) in [5.74, 6) is -0.296. The predicted molar refractivity (Wildman–Crippen MR) is 103 cm³/mol. The van der Waals surface area contributed by atoms with Gasteiger partial charge in [-0.05, 0) is 50.1 Å². The molecule has 146 valence electrons. The van der Waals surface area contributed by atoms with Crippen LogP contribution in [0.4, 0.5) is 5.69 Å². The van der Waals surface area contributed by atoms with E-state index in [-0.39, 0.29) is 12.5 Å². The van der Waals surface area contributed by atoms with Crippen LogP contribution in [-0.4, -0.2) is 71.4 Å². The lowest BCUT2D eigenvalue weighted by Gasteiger charge is -2.26. The van der Waals surface area contributed by atoms with Crippen LogP contribution in [-0.2, 0) is 19.6 Å².